The number of rotatable bonds is 4. The molecule has 1 aromatic rings. The largest absolute Gasteiger partial charge is 0.325 e. The van der Waals surface area contributed by atoms with Crippen LogP contribution in [0.5, 0.6) is 0 Å². The van der Waals surface area contributed by atoms with Crippen LogP contribution < -0.4 is 10.6 Å². The summed E-state index contributed by atoms with van der Waals surface area (Å²) < 4.78 is 0. The number of nitrogens with zero attached hydrogens (tertiary/aromatic N) is 1. The third kappa shape index (κ3) is 4.32. The summed E-state index contributed by atoms with van der Waals surface area (Å²) in [6.45, 7) is 9.77. The molecule has 4 nitrogen and oxygen atoms in total. The fraction of sp³-hybridized carbons (Fsp3) is 0.562. The zero-order valence-electron chi connectivity index (χ0n) is 12.6. The Hall–Kier alpha value is -1.39. The molecule has 0 spiro atoms. The molecule has 4 heteroatoms. The van der Waals surface area contributed by atoms with Gasteiger partial charge in [-0.15, -0.1) is 0 Å². The fourth-order valence-corrected chi connectivity index (χ4v) is 2.51. The Morgan fingerprint density at radius 2 is 2.10 bits per heavy atom. The lowest BCUT2D eigenvalue weighted by Crippen LogP contribution is -2.51. The maximum atomic E-state index is 12.0. The van der Waals surface area contributed by atoms with E-state index in [2.05, 4.69) is 48.4 Å². The highest BCUT2D eigenvalue weighted by molar-refractivity contribution is 5.92. The molecular formula is C16H25N3O. The molecule has 1 unspecified atom stereocenters. The monoisotopic (exact) mass is 275 g/mol. The molecule has 1 fully saturated rings. The molecule has 1 heterocycles. The molecule has 1 atom stereocenters. The van der Waals surface area contributed by atoms with Gasteiger partial charge in [0.25, 0.3) is 0 Å². The third-order valence-corrected chi connectivity index (χ3v) is 3.68. The SMILES string of the molecule is CC1CN(CC(=O)Nc2ccc(C(C)C)cc2)CCN1. The van der Waals surface area contributed by atoms with Crippen molar-refractivity contribution in [1.29, 1.82) is 0 Å². The molecule has 0 bridgehead atoms. The predicted octanol–water partition coefficient (Wildman–Crippen LogP) is 2.04. The summed E-state index contributed by atoms with van der Waals surface area (Å²) in [5.74, 6) is 0.582. The van der Waals surface area contributed by atoms with Crippen molar-refractivity contribution in [3.63, 3.8) is 0 Å². The molecule has 1 aliphatic heterocycles. The normalized spacial score (nSPS) is 20.1. The van der Waals surface area contributed by atoms with E-state index in [0.717, 1.165) is 25.3 Å². The molecule has 2 rings (SSSR count). The fourth-order valence-electron chi connectivity index (χ4n) is 2.51. The number of anilines is 1. The molecule has 0 radical (unpaired) electrons. The molecule has 1 saturated heterocycles. The van der Waals surface area contributed by atoms with Crippen molar-refractivity contribution < 1.29 is 4.79 Å². The van der Waals surface area contributed by atoms with Crippen LogP contribution in [0.15, 0.2) is 24.3 Å². The van der Waals surface area contributed by atoms with Gasteiger partial charge in [-0.05, 0) is 30.5 Å². The topological polar surface area (TPSA) is 44.4 Å². The first kappa shape index (κ1) is 15.0. The van der Waals surface area contributed by atoms with Gasteiger partial charge in [0.1, 0.15) is 0 Å². The number of benzene rings is 1. The summed E-state index contributed by atoms with van der Waals surface area (Å²) >= 11 is 0. The first-order chi connectivity index (χ1) is 9.54. The van der Waals surface area contributed by atoms with E-state index < -0.39 is 0 Å². The Kier molecular flexibility index (Phi) is 5.15. The lowest BCUT2D eigenvalue weighted by atomic mass is 10.0. The van der Waals surface area contributed by atoms with E-state index in [0.29, 0.717) is 18.5 Å². The van der Waals surface area contributed by atoms with E-state index in [1.165, 1.54) is 5.56 Å². The van der Waals surface area contributed by atoms with E-state index >= 15 is 0 Å². The van der Waals surface area contributed by atoms with E-state index in [-0.39, 0.29) is 5.91 Å². The first-order valence-electron chi connectivity index (χ1n) is 7.40. The van der Waals surface area contributed by atoms with Gasteiger partial charge < -0.3 is 10.6 Å². The van der Waals surface area contributed by atoms with Gasteiger partial charge in [-0.1, -0.05) is 26.0 Å². The van der Waals surface area contributed by atoms with Gasteiger partial charge in [0.2, 0.25) is 5.91 Å². The molecule has 0 aliphatic carbocycles. The van der Waals surface area contributed by atoms with Gasteiger partial charge in [-0.3, -0.25) is 9.69 Å². The minimum Gasteiger partial charge on any atom is -0.325 e. The van der Waals surface area contributed by atoms with Crippen molar-refractivity contribution >= 4 is 11.6 Å². The molecule has 0 aromatic heterocycles. The van der Waals surface area contributed by atoms with Gasteiger partial charge in [0.05, 0.1) is 6.54 Å². The predicted molar refractivity (Wildman–Crippen MR) is 83.1 cm³/mol. The third-order valence-electron chi connectivity index (χ3n) is 3.68. The number of hydrogen-bond acceptors (Lipinski definition) is 3. The van der Waals surface area contributed by atoms with Crippen molar-refractivity contribution in [2.24, 2.45) is 0 Å². The highest BCUT2D eigenvalue weighted by atomic mass is 16.2. The Labute approximate surface area is 121 Å². The van der Waals surface area contributed by atoms with Crippen LogP contribution in [0.4, 0.5) is 5.69 Å². The second-order valence-electron chi connectivity index (χ2n) is 5.92. The molecule has 1 aliphatic rings. The standard InChI is InChI=1S/C16H25N3O/c1-12(2)14-4-6-15(7-5-14)18-16(20)11-19-9-8-17-13(3)10-19/h4-7,12-13,17H,8-11H2,1-3H3,(H,18,20). The van der Waals surface area contributed by atoms with Gasteiger partial charge >= 0.3 is 0 Å². The van der Waals surface area contributed by atoms with Crippen LogP contribution in [0.25, 0.3) is 0 Å². The summed E-state index contributed by atoms with van der Waals surface area (Å²) in [6, 6.07) is 8.57. The van der Waals surface area contributed by atoms with Gasteiger partial charge in [0, 0.05) is 31.4 Å². The Morgan fingerprint density at radius 3 is 2.70 bits per heavy atom. The molecule has 110 valence electrons. The zero-order chi connectivity index (χ0) is 14.5. The first-order valence-corrected chi connectivity index (χ1v) is 7.40. The molecular weight excluding hydrogens is 250 g/mol. The van der Waals surface area contributed by atoms with E-state index in [4.69, 9.17) is 0 Å². The number of carbonyl (C=O) groups excluding carboxylic acids is 1. The van der Waals surface area contributed by atoms with Crippen LogP contribution >= 0.6 is 0 Å². The molecule has 1 amide bonds. The van der Waals surface area contributed by atoms with Crippen LogP contribution in [0.1, 0.15) is 32.3 Å². The van der Waals surface area contributed by atoms with Gasteiger partial charge in [0.15, 0.2) is 0 Å². The second kappa shape index (κ2) is 6.86. The van der Waals surface area contributed by atoms with Gasteiger partial charge in [-0.25, -0.2) is 0 Å². The Balaban J connectivity index is 1.84. The van der Waals surface area contributed by atoms with Crippen LogP contribution in [0.3, 0.4) is 0 Å². The number of piperazine rings is 1. The molecule has 0 saturated carbocycles. The molecule has 1 aromatic carbocycles. The Morgan fingerprint density at radius 1 is 1.40 bits per heavy atom. The quantitative estimate of drug-likeness (QED) is 0.884. The smallest absolute Gasteiger partial charge is 0.238 e. The van der Waals surface area contributed by atoms with Crippen molar-refractivity contribution in [3.8, 4) is 0 Å². The maximum absolute atomic E-state index is 12.0. The summed E-state index contributed by atoms with van der Waals surface area (Å²) in [6.07, 6.45) is 0. The average molecular weight is 275 g/mol. The Bertz CT molecular complexity index is 442. The van der Waals surface area contributed by atoms with Crippen molar-refractivity contribution in [3.05, 3.63) is 29.8 Å². The number of hydrogen-bond donors (Lipinski definition) is 2. The summed E-state index contributed by atoms with van der Waals surface area (Å²) in [5.41, 5.74) is 2.17. The van der Waals surface area contributed by atoms with Crippen LogP contribution in [-0.2, 0) is 4.79 Å². The highest BCUT2D eigenvalue weighted by Crippen LogP contribution is 2.17. The van der Waals surface area contributed by atoms with E-state index in [1.54, 1.807) is 0 Å². The minimum atomic E-state index is 0.0661. The lowest BCUT2D eigenvalue weighted by Gasteiger charge is -2.31. The number of carbonyl (C=O) groups is 1. The second-order valence-corrected chi connectivity index (χ2v) is 5.92. The van der Waals surface area contributed by atoms with Gasteiger partial charge in [-0.2, -0.15) is 0 Å². The van der Waals surface area contributed by atoms with E-state index in [1.807, 2.05) is 12.1 Å². The van der Waals surface area contributed by atoms with Crippen LogP contribution in [0.2, 0.25) is 0 Å². The van der Waals surface area contributed by atoms with E-state index in [9.17, 15) is 4.79 Å². The zero-order valence-corrected chi connectivity index (χ0v) is 12.6. The van der Waals surface area contributed by atoms with Crippen molar-refractivity contribution in [2.45, 2.75) is 32.7 Å². The molecule has 20 heavy (non-hydrogen) atoms. The summed E-state index contributed by atoms with van der Waals surface area (Å²) in [4.78, 5) is 14.2. The van der Waals surface area contributed by atoms with Crippen molar-refractivity contribution in [1.82, 2.24) is 10.2 Å². The number of nitrogens with one attached hydrogen (secondary N) is 2. The summed E-state index contributed by atoms with van der Waals surface area (Å²) in [7, 11) is 0. The van der Waals surface area contributed by atoms with Crippen LogP contribution in [-0.4, -0.2) is 43.0 Å². The lowest BCUT2D eigenvalue weighted by molar-refractivity contribution is -0.117. The summed E-state index contributed by atoms with van der Waals surface area (Å²) in [5, 5.41) is 6.35. The highest BCUT2D eigenvalue weighted by Gasteiger charge is 2.17. The van der Waals surface area contributed by atoms with Crippen molar-refractivity contribution in [2.75, 3.05) is 31.5 Å². The minimum absolute atomic E-state index is 0.0661. The average Bonchev–Trinajstić information content (AvgIpc) is 2.39. The van der Waals surface area contributed by atoms with Crippen LogP contribution in [0, 0.1) is 0 Å². The molecule has 2 N–H and O–H groups in total. The number of amides is 1. The maximum Gasteiger partial charge on any atom is 0.238 e.